The molecule has 2 amide bonds. The van der Waals surface area contributed by atoms with Crippen LogP contribution < -0.4 is 5.32 Å². The third-order valence-corrected chi connectivity index (χ3v) is 7.29. The minimum absolute atomic E-state index is 0.0292. The van der Waals surface area contributed by atoms with Crippen LogP contribution in [0, 0.1) is 23.6 Å². The SMILES string of the molecule is CC(C)Cc1cc(C(=O)N2[C@@H](C(=O)N[C@@H](c3ccc(Cl)cc3F)C3COC3)C[C@H]3C[C@H]32)ccn1. The van der Waals surface area contributed by atoms with Crippen molar-refractivity contribution in [3.63, 3.8) is 0 Å². The highest BCUT2D eigenvalue weighted by atomic mass is 35.5. The Labute approximate surface area is 203 Å². The molecule has 3 heterocycles. The summed E-state index contributed by atoms with van der Waals surface area (Å²) in [5.74, 6) is -0.104. The number of nitrogens with zero attached hydrogens (tertiary/aromatic N) is 2. The van der Waals surface area contributed by atoms with Gasteiger partial charge in [0, 0.05) is 40.0 Å². The van der Waals surface area contributed by atoms with E-state index in [9.17, 15) is 14.0 Å². The molecule has 0 unspecified atom stereocenters. The van der Waals surface area contributed by atoms with Crippen LogP contribution in [-0.4, -0.2) is 47.0 Å². The molecule has 2 aliphatic heterocycles. The average molecular weight is 486 g/mol. The third-order valence-electron chi connectivity index (χ3n) is 7.05. The van der Waals surface area contributed by atoms with E-state index in [1.54, 1.807) is 29.3 Å². The van der Waals surface area contributed by atoms with Crippen LogP contribution in [0.4, 0.5) is 4.39 Å². The Morgan fingerprint density at radius 1 is 1.24 bits per heavy atom. The number of carbonyl (C=O) groups is 2. The zero-order valence-corrected chi connectivity index (χ0v) is 20.1. The van der Waals surface area contributed by atoms with Gasteiger partial charge in [0.2, 0.25) is 5.91 Å². The Morgan fingerprint density at radius 3 is 2.71 bits per heavy atom. The summed E-state index contributed by atoms with van der Waals surface area (Å²) >= 11 is 5.93. The maximum absolute atomic E-state index is 14.7. The van der Waals surface area contributed by atoms with E-state index in [-0.39, 0.29) is 23.8 Å². The summed E-state index contributed by atoms with van der Waals surface area (Å²) < 4.78 is 20.0. The summed E-state index contributed by atoms with van der Waals surface area (Å²) in [6, 6.07) is 7.03. The predicted octanol–water partition coefficient (Wildman–Crippen LogP) is 4.18. The maximum atomic E-state index is 14.7. The Hall–Kier alpha value is -2.51. The van der Waals surface area contributed by atoms with Crippen LogP contribution in [0.3, 0.4) is 0 Å². The number of carbonyl (C=O) groups excluding carboxylic acids is 2. The molecule has 1 saturated carbocycles. The number of rotatable bonds is 7. The van der Waals surface area contributed by atoms with E-state index in [1.165, 1.54) is 6.07 Å². The molecule has 3 aliphatic rings. The molecule has 0 spiro atoms. The van der Waals surface area contributed by atoms with Crippen LogP contribution in [0.5, 0.6) is 0 Å². The van der Waals surface area contributed by atoms with E-state index in [2.05, 4.69) is 24.1 Å². The van der Waals surface area contributed by atoms with Gasteiger partial charge in [0.1, 0.15) is 11.9 Å². The Morgan fingerprint density at radius 2 is 2.03 bits per heavy atom. The summed E-state index contributed by atoms with van der Waals surface area (Å²) in [5, 5.41) is 3.35. The van der Waals surface area contributed by atoms with Crippen molar-refractivity contribution in [3.05, 3.63) is 64.2 Å². The van der Waals surface area contributed by atoms with Crippen LogP contribution in [0.25, 0.3) is 0 Å². The molecule has 6 nitrogen and oxygen atoms in total. The predicted molar refractivity (Wildman–Crippen MR) is 126 cm³/mol. The molecule has 8 heteroatoms. The second-order valence-corrected chi connectivity index (χ2v) is 10.5. The van der Waals surface area contributed by atoms with Gasteiger partial charge in [0.05, 0.1) is 19.3 Å². The van der Waals surface area contributed by atoms with Gasteiger partial charge in [-0.25, -0.2) is 4.39 Å². The fraction of sp³-hybridized carbons (Fsp3) is 0.500. The molecule has 1 aromatic carbocycles. The van der Waals surface area contributed by atoms with Crippen molar-refractivity contribution in [2.75, 3.05) is 13.2 Å². The number of halogens is 2. The van der Waals surface area contributed by atoms with Gasteiger partial charge < -0.3 is 15.0 Å². The van der Waals surface area contributed by atoms with Crippen LogP contribution in [0.1, 0.15) is 54.3 Å². The standard InChI is InChI=1S/C26H29ClFN3O3/c1-14(2)7-19-8-15(5-6-29-19)26(33)31-22-9-16(22)10-23(31)25(32)30-24(17-12-34-13-17)20-4-3-18(27)11-21(20)28/h3-6,8,11,14,16-17,22-24H,7,9-10,12-13H2,1-2H3,(H,30,32)/t16-,22-,23-,24-/m1/s1. The number of hydrogen-bond donors (Lipinski definition) is 1. The number of ether oxygens (including phenoxy) is 1. The highest BCUT2D eigenvalue weighted by Gasteiger charge is 2.56. The Bertz CT molecular complexity index is 1110. The number of nitrogens with one attached hydrogen (secondary N) is 1. The smallest absolute Gasteiger partial charge is 0.254 e. The van der Waals surface area contributed by atoms with Crippen molar-refractivity contribution < 1.29 is 18.7 Å². The van der Waals surface area contributed by atoms with Crippen LogP contribution in [0.2, 0.25) is 5.02 Å². The van der Waals surface area contributed by atoms with Crippen molar-refractivity contribution in [1.29, 1.82) is 0 Å². The normalized spacial score (nSPS) is 24.5. The topological polar surface area (TPSA) is 71.5 Å². The van der Waals surface area contributed by atoms with E-state index >= 15 is 0 Å². The molecule has 4 atom stereocenters. The number of aromatic nitrogens is 1. The van der Waals surface area contributed by atoms with Crippen molar-refractivity contribution in [2.45, 2.75) is 51.2 Å². The van der Waals surface area contributed by atoms with Gasteiger partial charge in [-0.05, 0) is 55.4 Å². The number of pyridine rings is 1. The van der Waals surface area contributed by atoms with E-state index in [4.69, 9.17) is 16.3 Å². The first-order valence-corrected chi connectivity index (χ1v) is 12.3. The molecular formula is C26H29ClFN3O3. The van der Waals surface area contributed by atoms with Crippen LogP contribution in [0.15, 0.2) is 36.5 Å². The zero-order valence-electron chi connectivity index (χ0n) is 19.3. The molecule has 5 rings (SSSR count). The summed E-state index contributed by atoms with van der Waals surface area (Å²) in [5.41, 5.74) is 1.82. The Balaban J connectivity index is 1.36. The lowest BCUT2D eigenvalue weighted by Crippen LogP contribution is -2.51. The van der Waals surface area contributed by atoms with Gasteiger partial charge in [0.25, 0.3) is 5.91 Å². The van der Waals surface area contributed by atoms with Gasteiger partial charge in [-0.2, -0.15) is 0 Å². The summed E-state index contributed by atoms with van der Waals surface area (Å²) in [7, 11) is 0. The monoisotopic (exact) mass is 485 g/mol. The summed E-state index contributed by atoms with van der Waals surface area (Å²) in [4.78, 5) is 33.1. The first kappa shape index (κ1) is 23.2. The molecule has 0 bridgehead atoms. The van der Waals surface area contributed by atoms with E-state index < -0.39 is 17.9 Å². The number of amides is 2. The van der Waals surface area contributed by atoms with E-state index in [0.29, 0.717) is 47.6 Å². The molecule has 180 valence electrons. The molecule has 34 heavy (non-hydrogen) atoms. The van der Waals surface area contributed by atoms with Crippen molar-refractivity contribution in [1.82, 2.24) is 15.2 Å². The lowest BCUT2D eigenvalue weighted by atomic mass is 9.90. The Kier molecular flexibility index (Phi) is 6.34. The molecule has 3 fully saturated rings. The van der Waals surface area contributed by atoms with Gasteiger partial charge in [-0.3, -0.25) is 14.6 Å². The minimum atomic E-state index is -0.572. The van der Waals surface area contributed by atoms with Gasteiger partial charge in [-0.1, -0.05) is 31.5 Å². The largest absolute Gasteiger partial charge is 0.381 e. The molecule has 2 saturated heterocycles. The van der Waals surface area contributed by atoms with Crippen LogP contribution >= 0.6 is 11.6 Å². The number of hydrogen-bond acceptors (Lipinski definition) is 4. The highest BCUT2D eigenvalue weighted by molar-refractivity contribution is 6.30. The number of benzene rings is 1. The fourth-order valence-corrected chi connectivity index (χ4v) is 5.33. The molecule has 0 radical (unpaired) electrons. The number of fused-ring (bicyclic) bond motifs is 1. The first-order valence-electron chi connectivity index (χ1n) is 11.9. The maximum Gasteiger partial charge on any atom is 0.254 e. The van der Waals surface area contributed by atoms with Crippen molar-refractivity contribution in [3.8, 4) is 0 Å². The number of piperidine rings is 1. The molecule has 1 aliphatic carbocycles. The van der Waals surface area contributed by atoms with Crippen LogP contribution in [-0.2, 0) is 16.0 Å². The molecular weight excluding hydrogens is 457 g/mol. The summed E-state index contributed by atoms with van der Waals surface area (Å²) in [6.07, 6.45) is 4.00. The van der Waals surface area contributed by atoms with E-state index in [1.807, 2.05) is 6.07 Å². The van der Waals surface area contributed by atoms with E-state index in [0.717, 1.165) is 18.5 Å². The highest BCUT2D eigenvalue weighted by Crippen LogP contribution is 2.48. The minimum Gasteiger partial charge on any atom is -0.381 e. The second-order valence-electron chi connectivity index (χ2n) is 10.1. The quantitative estimate of drug-likeness (QED) is 0.638. The number of likely N-dealkylation sites (tertiary alicyclic amines) is 1. The third kappa shape index (κ3) is 4.56. The second kappa shape index (κ2) is 9.27. The molecule has 1 N–H and O–H groups in total. The lowest BCUT2D eigenvalue weighted by Gasteiger charge is -2.36. The van der Waals surface area contributed by atoms with Gasteiger partial charge in [0.15, 0.2) is 0 Å². The average Bonchev–Trinajstić information content (AvgIpc) is 3.41. The van der Waals surface area contributed by atoms with Gasteiger partial charge >= 0.3 is 0 Å². The first-order chi connectivity index (χ1) is 16.3. The van der Waals surface area contributed by atoms with Crippen molar-refractivity contribution in [2.24, 2.45) is 17.8 Å². The fourth-order valence-electron chi connectivity index (χ4n) is 5.17. The molecule has 2 aromatic rings. The lowest BCUT2D eigenvalue weighted by molar-refractivity contribution is -0.128. The molecule has 1 aromatic heterocycles. The van der Waals surface area contributed by atoms with Crippen molar-refractivity contribution >= 4 is 23.4 Å². The zero-order chi connectivity index (χ0) is 24.0. The summed E-state index contributed by atoms with van der Waals surface area (Å²) in [6.45, 7) is 5.11. The van der Waals surface area contributed by atoms with Gasteiger partial charge in [-0.15, -0.1) is 0 Å².